The van der Waals surface area contributed by atoms with Crippen LogP contribution in [-0.2, 0) is 0 Å². The van der Waals surface area contributed by atoms with Gasteiger partial charge in [-0.25, -0.2) is 0 Å². The Balaban J connectivity index is 3.05. The maximum atomic E-state index is 7.39. The number of guanidine groups is 1. The van der Waals surface area contributed by atoms with Crippen LogP contribution in [0.25, 0.3) is 0 Å². The molecule has 0 fully saturated rings. The molecule has 4 nitrogen and oxygen atoms in total. The first-order valence-electron chi connectivity index (χ1n) is 4.55. The molecular formula is C10H14ClN3O. The maximum absolute atomic E-state index is 7.39. The molecule has 0 amide bonds. The maximum Gasteiger partial charge on any atom is 0.192 e. The summed E-state index contributed by atoms with van der Waals surface area (Å²) in [5, 5.41) is 7.90. The van der Waals surface area contributed by atoms with E-state index in [2.05, 4.69) is 0 Å². The van der Waals surface area contributed by atoms with E-state index in [0.29, 0.717) is 17.3 Å². The Kier molecular flexibility index (Phi) is 3.80. The third-order valence-electron chi connectivity index (χ3n) is 2.05. The number of anilines is 1. The van der Waals surface area contributed by atoms with Crippen LogP contribution in [0, 0.1) is 5.41 Å². The molecule has 0 radical (unpaired) electrons. The molecule has 0 aliphatic rings. The summed E-state index contributed by atoms with van der Waals surface area (Å²) in [5.41, 5.74) is 6.22. The standard InChI is InChI=1S/C10H14ClN3O/c1-3-14(10(12)13)7-4-5-9(15-2)8(11)6-7/h4-6H,3H2,1-2H3,(H3,12,13). The van der Waals surface area contributed by atoms with E-state index in [0.717, 1.165) is 5.69 Å². The summed E-state index contributed by atoms with van der Waals surface area (Å²) in [5.74, 6) is 0.610. The van der Waals surface area contributed by atoms with Crippen molar-refractivity contribution in [2.24, 2.45) is 5.73 Å². The molecular weight excluding hydrogens is 214 g/mol. The molecule has 15 heavy (non-hydrogen) atoms. The number of rotatable bonds is 3. The molecule has 0 atom stereocenters. The van der Waals surface area contributed by atoms with Crippen molar-refractivity contribution in [2.75, 3.05) is 18.6 Å². The first-order valence-corrected chi connectivity index (χ1v) is 4.93. The van der Waals surface area contributed by atoms with Crippen LogP contribution in [0.2, 0.25) is 5.02 Å². The monoisotopic (exact) mass is 227 g/mol. The van der Waals surface area contributed by atoms with Crippen LogP contribution in [0.1, 0.15) is 6.92 Å². The Morgan fingerprint density at radius 2 is 2.27 bits per heavy atom. The fraction of sp³-hybridized carbons (Fsp3) is 0.300. The van der Waals surface area contributed by atoms with E-state index in [-0.39, 0.29) is 5.96 Å². The molecule has 0 bridgehead atoms. The Labute approximate surface area is 94.1 Å². The van der Waals surface area contributed by atoms with Crippen molar-refractivity contribution in [2.45, 2.75) is 6.92 Å². The van der Waals surface area contributed by atoms with Gasteiger partial charge in [-0.1, -0.05) is 11.6 Å². The van der Waals surface area contributed by atoms with Crippen LogP contribution in [-0.4, -0.2) is 19.6 Å². The van der Waals surface area contributed by atoms with Crippen molar-refractivity contribution < 1.29 is 4.74 Å². The summed E-state index contributed by atoms with van der Waals surface area (Å²) in [7, 11) is 1.56. The van der Waals surface area contributed by atoms with Gasteiger partial charge < -0.3 is 15.4 Å². The van der Waals surface area contributed by atoms with Crippen molar-refractivity contribution in [3.8, 4) is 5.75 Å². The van der Waals surface area contributed by atoms with Crippen molar-refractivity contribution in [3.63, 3.8) is 0 Å². The van der Waals surface area contributed by atoms with Crippen LogP contribution in [0.4, 0.5) is 5.69 Å². The molecule has 0 aromatic heterocycles. The van der Waals surface area contributed by atoms with Gasteiger partial charge in [-0.05, 0) is 25.1 Å². The number of hydrogen-bond donors (Lipinski definition) is 2. The third kappa shape index (κ3) is 2.53. The summed E-state index contributed by atoms with van der Waals surface area (Å²) >= 11 is 5.97. The zero-order chi connectivity index (χ0) is 11.4. The second kappa shape index (κ2) is 4.89. The van der Waals surface area contributed by atoms with Gasteiger partial charge in [-0.3, -0.25) is 5.41 Å². The summed E-state index contributed by atoms with van der Waals surface area (Å²) in [6, 6.07) is 5.30. The van der Waals surface area contributed by atoms with Crippen LogP contribution >= 0.6 is 11.6 Å². The van der Waals surface area contributed by atoms with Crippen LogP contribution in [0.3, 0.4) is 0 Å². The third-order valence-corrected chi connectivity index (χ3v) is 2.35. The molecule has 0 saturated heterocycles. The van der Waals surface area contributed by atoms with Gasteiger partial charge in [-0.15, -0.1) is 0 Å². The van der Waals surface area contributed by atoms with Crippen molar-refractivity contribution in [1.82, 2.24) is 0 Å². The van der Waals surface area contributed by atoms with E-state index in [1.165, 1.54) is 0 Å². The number of halogens is 1. The molecule has 0 saturated carbocycles. The second-order valence-corrected chi connectivity index (χ2v) is 3.36. The zero-order valence-corrected chi connectivity index (χ0v) is 9.51. The molecule has 0 aliphatic heterocycles. The Morgan fingerprint density at radius 3 is 2.67 bits per heavy atom. The molecule has 1 aromatic rings. The highest BCUT2D eigenvalue weighted by atomic mass is 35.5. The predicted octanol–water partition coefficient (Wildman–Crippen LogP) is 2.07. The predicted molar refractivity (Wildman–Crippen MR) is 62.9 cm³/mol. The molecule has 82 valence electrons. The molecule has 0 spiro atoms. The zero-order valence-electron chi connectivity index (χ0n) is 8.75. The van der Waals surface area contributed by atoms with E-state index < -0.39 is 0 Å². The van der Waals surface area contributed by atoms with Gasteiger partial charge in [0.05, 0.1) is 12.1 Å². The fourth-order valence-electron chi connectivity index (χ4n) is 1.32. The molecule has 1 rings (SSSR count). The van der Waals surface area contributed by atoms with E-state index in [4.69, 9.17) is 27.5 Å². The van der Waals surface area contributed by atoms with Crippen LogP contribution < -0.4 is 15.4 Å². The van der Waals surface area contributed by atoms with Crippen molar-refractivity contribution in [3.05, 3.63) is 23.2 Å². The second-order valence-electron chi connectivity index (χ2n) is 2.95. The molecule has 1 aromatic carbocycles. The average Bonchev–Trinajstić information content (AvgIpc) is 2.18. The van der Waals surface area contributed by atoms with E-state index in [1.54, 1.807) is 24.1 Å². The van der Waals surface area contributed by atoms with Gasteiger partial charge in [-0.2, -0.15) is 0 Å². The van der Waals surface area contributed by atoms with Gasteiger partial charge >= 0.3 is 0 Å². The molecule has 5 heteroatoms. The quantitative estimate of drug-likeness (QED) is 0.614. The van der Waals surface area contributed by atoms with Gasteiger partial charge in [0.25, 0.3) is 0 Å². The van der Waals surface area contributed by atoms with Gasteiger partial charge in [0.2, 0.25) is 0 Å². The highest BCUT2D eigenvalue weighted by Crippen LogP contribution is 2.28. The molecule has 0 heterocycles. The van der Waals surface area contributed by atoms with Gasteiger partial charge in [0.1, 0.15) is 5.75 Å². The lowest BCUT2D eigenvalue weighted by Gasteiger charge is -2.21. The van der Waals surface area contributed by atoms with E-state index in [1.807, 2.05) is 13.0 Å². The lowest BCUT2D eigenvalue weighted by molar-refractivity contribution is 0.415. The lowest BCUT2D eigenvalue weighted by atomic mass is 10.2. The molecule has 0 unspecified atom stereocenters. The van der Waals surface area contributed by atoms with E-state index >= 15 is 0 Å². The number of hydrogen-bond acceptors (Lipinski definition) is 2. The smallest absolute Gasteiger partial charge is 0.192 e. The van der Waals surface area contributed by atoms with E-state index in [9.17, 15) is 0 Å². The van der Waals surface area contributed by atoms with Gasteiger partial charge in [0.15, 0.2) is 5.96 Å². The first-order chi connectivity index (χ1) is 7.10. The Hall–Kier alpha value is -1.42. The minimum Gasteiger partial charge on any atom is -0.495 e. The van der Waals surface area contributed by atoms with Gasteiger partial charge in [0, 0.05) is 12.2 Å². The van der Waals surface area contributed by atoms with Crippen LogP contribution in [0.5, 0.6) is 5.75 Å². The van der Waals surface area contributed by atoms with Crippen LogP contribution in [0.15, 0.2) is 18.2 Å². The summed E-state index contributed by atoms with van der Waals surface area (Å²) < 4.78 is 5.04. The summed E-state index contributed by atoms with van der Waals surface area (Å²) in [6.07, 6.45) is 0. The average molecular weight is 228 g/mol. The van der Waals surface area contributed by atoms with Crippen molar-refractivity contribution >= 4 is 23.2 Å². The minimum absolute atomic E-state index is 0.00117. The number of nitrogens with one attached hydrogen (secondary N) is 1. The number of benzene rings is 1. The number of nitrogens with two attached hydrogens (primary N) is 1. The molecule has 3 N–H and O–H groups in total. The number of methoxy groups -OCH3 is 1. The fourth-order valence-corrected chi connectivity index (χ4v) is 1.57. The normalized spacial score (nSPS) is 9.80. The largest absolute Gasteiger partial charge is 0.495 e. The highest BCUT2D eigenvalue weighted by molar-refractivity contribution is 6.32. The SMILES string of the molecule is CCN(C(=N)N)c1ccc(OC)c(Cl)c1. The first kappa shape index (κ1) is 11.7. The highest BCUT2D eigenvalue weighted by Gasteiger charge is 2.09. The number of ether oxygens (including phenoxy) is 1. The summed E-state index contributed by atoms with van der Waals surface area (Å²) in [6.45, 7) is 2.54. The minimum atomic E-state index is -0.00117. The number of nitrogens with zero attached hydrogens (tertiary/aromatic N) is 1. The molecule has 0 aliphatic carbocycles. The Bertz CT molecular complexity index is 368. The summed E-state index contributed by atoms with van der Waals surface area (Å²) in [4.78, 5) is 1.64. The lowest BCUT2D eigenvalue weighted by Crippen LogP contribution is -2.36. The van der Waals surface area contributed by atoms with Crippen molar-refractivity contribution in [1.29, 1.82) is 5.41 Å². The Morgan fingerprint density at radius 1 is 1.60 bits per heavy atom. The topological polar surface area (TPSA) is 62.3 Å².